The average Bonchev–Trinajstić information content (AvgIpc) is 3.26. The Morgan fingerprint density at radius 2 is 1.78 bits per heavy atom. The van der Waals surface area contributed by atoms with E-state index in [0.717, 1.165) is 0 Å². The first-order chi connectivity index (χ1) is 11.1. The van der Waals surface area contributed by atoms with E-state index in [4.69, 9.17) is 5.26 Å². The van der Waals surface area contributed by atoms with Gasteiger partial charge in [-0.1, -0.05) is 6.07 Å². The number of carbonyl (C=O) groups excluding carboxylic acids is 1. The predicted molar refractivity (Wildman–Crippen MR) is 80.8 cm³/mol. The number of nitriles is 1. The lowest BCUT2D eigenvalue weighted by Gasteiger charge is -2.08. The first kappa shape index (κ1) is 15.0. The van der Waals surface area contributed by atoms with Crippen molar-refractivity contribution in [2.24, 2.45) is 0 Å². The van der Waals surface area contributed by atoms with Crippen molar-refractivity contribution < 1.29 is 13.6 Å². The van der Waals surface area contributed by atoms with Gasteiger partial charge in [-0.15, -0.1) is 0 Å². The molecule has 0 aliphatic heterocycles. The summed E-state index contributed by atoms with van der Waals surface area (Å²) in [7, 11) is 0. The number of halogens is 2. The molecular weight excluding hydrogens is 300 g/mol. The van der Waals surface area contributed by atoms with Crippen LogP contribution in [0.2, 0.25) is 0 Å². The topological polar surface area (TPSA) is 64.9 Å². The molecule has 2 unspecified atom stereocenters. The number of carbonyl (C=O) groups is 1. The van der Waals surface area contributed by atoms with Gasteiger partial charge >= 0.3 is 6.03 Å². The van der Waals surface area contributed by atoms with E-state index in [0.29, 0.717) is 17.7 Å². The number of hydrogen-bond acceptors (Lipinski definition) is 2. The maximum absolute atomic E-state index is 13.7. The van der Waals surface area contributed by atoms with Gasteiger partial charge in [-0.05, 0) is 42.8 Å². The second kappa shape index (κ2) is 6.05. The number of anilines is 1. The highest BCUT2D eigenvalue weighted by Crippen LogP contribution is 2.43. The van der Waals surface area contributed by atoms with E-state index in [1.165, 1.54) is 18.2 Å². The number of urea groups is 1. The summed E-state index contributed by atoms with van der Waals surface area (Å²) in [6.45, 7) is 0. The van der Waals surface area contributed by atoms with E-state index in [9.17, 15) is 13.6 Å². The van der Waals surface area contributed by atoms with Crippen LogP contribution in [0.5, 0.6) is 0 Å². The number of nitrogens with zero attached hydrogens (tertiary/aromatic N) is 1. The van der Waals surface area contributed by atoms with Crippen molar-refractivity contribution in [2.45, 2.75) is 18.4 Å². The Labute approximate surface area is 131 Å². The van der Waals surface area contributed by atoms with E-state index < -0.39 is 17.7 Å². The molecule has 3 rings (SSSR count). The van der Waals surface area contributed by atoms with Crippen LogP contribution in [0.4, 0.5) is 19.3 Å². The molecule has 2 amide bonds. The van der Waals surface area contributed by atoms with Gasteiger partial charge in [0.25, 0.3) is 0 Å². The van der Waals surface area contributed by atoms with Crippen LogP contribution in [0.1, 0.15) is 23.5 Å². The minimum Gasteiger partial charge on any atom is -0.334 e. The molecule has 6 heteroatoms. The Kier molecular flexibility index (Phi) is 3.94. The van der Waals surface area contributed by atoms with Crippen LogP contribution in [0.3, 0.4) is 0 Å². The number of benzene rings is 2. The Morgan fingerprint density at radius 3 is 2.39 bits per heavy atom. The summed E-state index contributed by atoms with van der Waals surface area (Å²) in [6, 6.07) is 11.4. The van der Waals surface area contributed by atoms with E-state index in [1.807, 2.05) is 6.07 Å². The maximum atomic E-state index is 13.7. The summed E-state index contributed by atoms with van der Waals surface area (Å²) >= 11 is 0. The first-order valence-corrected chi connectivity index (χ1v) is 7.10. The summed E-state index contributed by atoms with van der Waals surface area (Å²) in [5.41, 5.74) is 1.06. The third-order valence-electron chi connectivity index (χ3n) is 3.75. The minimum absolute atomic E-state index is 0.0242. The predicted octanol–water partition coefficient (Wildman–Crippen LogP) is 3.51. The van der Waals surface area contributed by atoms with Gasteiger partial charge in [-0.2, -0.15) is 5.26 Å². The van der Waals surface area contributed by atoms with Crippen LogP contribution >= 0.6 is 0 Å². The Balaban J connectivity index is 1.59. The van der Waals surface area contributed by atoms with Crippen molar-refractivity contribution in [3.8, 4) is 6.07 Å². The normalized spacial score (nSPS) is 18.8. The zero-order chi connectivity index (χ0) is 16.4. The van der Waals surface area contributed by atoms with Gasteiger partial charge in [0.2, 0.25) is 0 Å². The van der Waals surface area contributed by atoms with Gasteiger partial charge in [-0.3, -0.25) is 0 Å². The quantitative estimate of drug-likeness (QED) is 0.910. The number of amides is 2. The van der Waals surface area contributed by atoms with Crippen molar-refractivity contribution in [1.29, 1.82) is 5.26 Å². The largest absolute Gasteiger partial charge is 0.334 e. The van der Waals surface area contributed by atoms with Gasteiger partial charge in [0.05, 0.1) is 11.6 Å². The van der Waals surface area contributed by atoms with Crippen LogP contribution in [-0.4, -0.2) is 12.1 Å². The molecule has 2 aromatic rings. The second-order valence-corrected chi connectivity index (χ2v) is 5.37. The van der Waals surface area contributed by atoms with Crippen molar-refractivity contribution in [1.82, 2.24) is 5.32 Å². The van der Waals surface area contributed by atoms with Gasteiger partial charge in [0.1, 0.15) is 11.6 Å². The van der Waals surface area contributed by atoms with E-state index in [2.05, 4.69) is 10.6 Å². The van der Waals surface area contributed by atoms with Crippen LogP contribution < -0.4 is 10.6 Å². The highest BCUT2D eigenvalue weighted by molar-refractivity contribution is 5.89. The fraction of sp³-hybridized carbons (Fsp3) is 0.176. The molecule has 0 aromatic heterocycles. The molecule has 23 heavy (non-hydrogen) atoms. The monoisotopic (exact) mass is 313 g/mol. The Hall–Kier alpha value is -2.94. The zero-order valence-corrected chi connectivity index (χ0v) is 12.0. The maximum Gasteiger partial charge on any atom is 0.319 e. The highest BCUT2D eigenvalue weighted by Gasteiger charge is 2.42. The zero-order valence-electron chi connectivity index (χ0n) is 12.0. The van der Waals surface area contributed by atoms with Gasteiger partial charge in [-0.25, -0.2) is 13.6 Å². The molecule has 2 N–H and O–H groups in total. The molecule has 0 radical (unpaired) electrons. The number of rotatable bonds is 3. The third-order valence-corrected chi connectivity index (χ3v) is 3.75. The summed E-state index contributed by atoms with van der Waals surface area (Å²) in [5.74, 6) is -1.53. The molecule has 0 spiro atoms. The van der Waals surface area contributed by atoms with Gasteiger partial charge < -0.3 is 10.6 Å². The van der Waals surface area contributed by atoms with E-state index in [-0.39, 0.29) is 17.5 Å². The number of nitrogens with one attached hydrogen (secondary N) is 2. The highest BCUT2D eigenvalue weighted by atomic mass is 19.1. The molecular formula is C17H13F2N3O. The smallest absolute Gasteiger partial charge is 0.319 e. The van der Waals surface area contributed by atoms with Crippen molar-refractivity contribution in [3.63, 3.8) is 0 Å². The van der Waals surface area contributed by atoms with Crippen molar-refractivity contribution in [3.05, 3.63) is 65.2 Å². The first-order valence-electron chi connectivity index (χ1n) is 7.10. The van der Waals surface area contributed by atoms with E-state index in [1.54, 1.807) is 24.3 Å². The minimum atomic E-state index is -0.591. The lowest BCUT2D eigenvalue weighted by atomic mass is 10.1. The van der Waals surface area contributed by atoms with Crippen LogP contribution in [0, 0.1) is 23.0 Å². The molecule has 1 fully saturated rings. The second-order valence-electron chi connectivity index (χ2n) is 5.37. The van der Waals surface area contributed by atoms with E-state index >= 15 is 0 Å². The molecule has 0 saturated heterocycles. The van der Waals surface area contributed by atoms with Crippen LogP contribution in [0.25, 0.3) is 0 Å². The molecule has 1 aliphatic rings. The molecule has 1 saturated carbocycles. The lowest BCUT2D eigenvalue weighted by Crippen LogP contribution is -2.31. The fourth-order valence-electron chi connectivity index (χ4n) is 2.50. The van der Waals surface area contributed by atoms with Gasteiger partial charge in [0, 0.05) is 23.2 Å². The summed E-state index contributed by atoms with van der Waals surface area (Å²) in [4.78, 5) is 11.9. The molecule has 4 nitrogen and oxygen atoms in total. The van der Waals surface area contributed by atoms with Crippen molar-refractivity contribution >= 4 is 11.7 Å². The SMILES string of the molecule is N#Cc1ccc(NC(=O)NC2CC2c2c(F)cccc2F)cc1. The van der Waals surface area contributed by atoms with Crippen molar-refractivity contribution in [2.75, 3.05) is 5.32 Å². The lowest BCUT2D eigenvalue weighted by molar-refractivity contribution is 0.251. The van der Waals surface area contributed by atoms with Gasteiger partial charge in [0.15, 0.2) is 0 Å². The molecule has 1 aliphatic carbocycles. The molecule has 2 aromatic carbocycles. The molecule has 0 heterocycles. The molecule has 116 valence electrons. The Morgan fingerprint density at radius 1 is 1.13 bits per heavy atom. The summed E-state index contributed by atoms with van der Waals surface area (Å²) in [5, 5.41) is 14.0. The number of hydrogen-bond donors (Lipinski definition) is 2. The Bertz CT molecular complexity index is 763. The third kappa shape index (κ3) is 3.29. The van der Waals surface area contributed by atoms with Crippen LogP contribution in [-0.2, 0) is 0 Å². The average molecular weight is 313 g/mol. The standard InChI is InChI=1S/C17H13F2N3O/c18-13-2-1-3-14(19)16(13)12-8-15(12)22-17(23)21-11-6-4-10(9-20)5-7-11/h1-7,12,15H,8H2,(H2,21,22,23). The fourth-order valence-corrected chi connectivity index (χ4v) is 2.50. The summed E-state index contributed by atoms with van der Waals surface area (Å²) < 4.78 is 27.4. The van der Waals surface area contributed by atoms with Crippen LogP contribution in [0.15, 0.2) is 42.5 Å². The molecule has 0 bridgehead atoms. The summed E-state index contributed by atoms with van der Waals surface area (Å²) in [6.07, 6.45) is 0.499. The molecule has 2 atom stereocenters.